The van der Waals surface area contributed by atoms with E-state index in [1.165, 1.54) is 18.4 Å². The number of carbonyl (C=O) groups is 1. The molecular formula is C23H23N5O3S. The molecule has 2 unspecified atom stereocenters. The van der Waals surface area contributed by atoms with Gasteiger partial charge >= 0.3 is 0 Å². The Labute approximate surface area is 190 Å². The van der Waals surface area contributed by atoms with Crippen molar-refractivity contribution in [3.8, 4) is 11.6 Å². The standard InChI is InChI=1S/C23H23N5O3S/c1-23(22-25-9-10-32-22)14-27-18(15-5-4-8-24-12-15)11-17(23)20(29)26-13-16-6-7-19(30-2)21(28-16)31-3/h4-12,14,17H,13H2,1-3H3,(H,26,29). The number of carbonyl (C=O) groups excluding carboxylic acids is 1. The molecule has 32 heavy (non-hydrogen) atoms. The highest BCUT2D eigenvalue weighted by Crippen LogP contribution is 2.38. The third kappa shape index (κ3) is 4.24. The van der Waals surface area contributed by atoms with E-state index in [1.54, 1.807) is 37.8 Å². The summed E-state index contributed by atoms with van der Waals surface area (Å²) in [5, 5.41) is 5.73. The molecule has 4 rings (SSSR count). The molecule has 0 aromatic carbocycles. The first-order valence-electron chi connectivity index (χ1n) is 9.98. The zero-order valence-corrected chi connectivity index (χ0v) is 18.8. The number of nitrogens with zero attached hydrogens (tertiary/aromatic N) is 4. The number of nitrogens with one attached hydrogen (secondary N) is 1. The van der Waals surface area contributed by atoms with Crippen LogP contribution in [0.25, 0.3) is 5.70 Å². The summed E-state index contributed by atoms with van der Waals surface area (Å²) in [6.07, 6.45) is 8.87. The minimum Gasteiger partial charge on any atom is -0.491 e. The van der Waals surface area contributed by atoms with Gasteiger partial charge in [0, 0.05) is 35.7 Å². The summed E-state index contributed by atoms with van der Waals surface area (Å²) in [5.41, 5.74) is 1.54. The number of methoxy groups -OCH3 is 2. The van der Waals surface area contributed by atoms with Gasteiger partial charge in [-0.1, -0.05) is 0 Å². The maximum Gasteiger partial charge on any atom is 0.257 e. The van der Waals surface area contributed by atoms with E-state index in [0.29, 0.717) is 23.0 Å². The second-order valence-corrected chi connectivity index (χ2v) is 8.28. The summed E-state index contributed by atoms with van der Waals surface area (Å²) in [6.45, 7) is 2.22. The molecule has 0 bridgehead atoms. The van der Waals surface area contributed by atoms with Crippen LogP contribution in [0.4, 0.5) is 0 Å². The number of aromatic nitrogens is 3. The lowest BCUT2D eigenvalue weighted by atomic mass is 9.75. The van der Waals surface area contributed by atoms with Gasteiger partial charge in [-0.2, -0.15) is 0 Å². The van der Waals surface area contributed by atoms with E-state index >= 15 is 0 Å². The van der Waals surface area contributed by atoms with Crippen LogP contribution in [0.5, 0.6) is 11.6 Å². The van der Waals surface area contributed by atoms with Crippen LogP contribution in [-0.2, 0) is 16.8 Å². The molecule has 4 heterocycles. The lowest BCUT2D eigenvalue weighted by Crippen LogP contribution is -2.44. The number of amides is 1. The van der Waals surface area contributed by atoms with E-state index in [1.807, 2.05) is 36.7 Å². The van der Waals surface area contributed by atoms with Crippen molar-refractivity contribution < 1.29 is 14.3 Å². The number of pyridine rings is 2. The first-order valence-corrected chi connectivity index (χ1v) is 10.9. The quantitative estimate of drug-likeness (QED) is 0.594. The summed E-state index contributed by atoms with van der Waals surface area (Å²) in [6, 6.07) is 7.32. The van der Waals surface area contributed by atoms with E-state index in [-0.39, 0.29) is 12.5 Å². The van der Waals surface area contributed by atoms with E-state index in [2.05, 4.69) is 25.3 Å². The highest BCUT2D eigenvalue weighted by Gasteiger charge is 2.42. The molecule has 1 aliphatic rings. The molecule has 3 aromatic rings. The van der Waals surface area contributed by atoms with Gasteiger partial charge in [-0.05, 0) is 37.3 Å². The molecule has 0 spiro atoms. The van der Waals surface area contributed by atoms with E-state index in [9.17, 15) is 4.79 Å². The Balaban J connectivity index is 1.60. The van der Waals surface area contributed by atoms with Gasteiger partial charge in [-0.15, -0.1) is 11.3 Å². The number of aliphatic imine (C=N–C) groups is 1. The number of hydrogen-bond donors (Lipinski definition) is 1. The van der Waals surface area contributed by atoms with Crippen molar-refractivity contribution in [2.45, 2.75) is 18.9 Å². The van der Waals surface area contributed by atoms with Crippen molar-refractivity contribution in [3.63, 3.8) is 0 Å². The topological polar surface area (TPSA) is 98.6 Å². The van der Waals surface area contributed by atoms with Gasteiger partial charge in [0.2, 0.25) is 5.91 Å². The van der Waals surface area contributed by atoms with Gasteiger partial charge in [0.25, 0.3) is 5.88 Å². The van der Waals surface area contributed by atoms with Crippen LogP contribution >= 0.6 is 11.3 Å². The monoisotopic (exact) mass is 449 g/mol. The average Bonchev–Trinajstić information content (AvgIpc) is 3.39. The molecule has 1 amide bonds. The average molecular weight is 450 g/mol. The van der Waals surface area contributed by atoms with Crippen LogP contribution in [0, 0.1) is 5.92 Å². The van der Waals surface area contributed by atoms with Gasteiger partial charge in [0.05, 0.1) is 43.5 Å². The van der Waals surface area contributed by atoms with Crippen LogP contribution in [0.1, 0.15) is 23.2 Å². The van der Waals surface area contributed by atoms with Crippen molar-refractivity contribution in [1.82, 2.24) is 20.3 Å². The fourth-order valence-electron chi connectivity index (χ4n) is 3.52. The highest BCUT2D eigenvalue weighted by atomic mass is 32.1. The molecule has 2 atom stereocenters. The molecule has 0 radical (unpaired) electrons. The minimum atomic E-state index is -0.672. The fourth-order valence-corrected chi connectivity index (χ4v) is 4.33. The van der Waals surface area contributed by atoms with Crippen LogP contribution in [-0.4, -0.2) is 41.3 Å². The SMILES string of the molecule is COc1ccc(CNC(=O)C2C=C(c3cccnc3)N=CC2(C)c2nccs2)nc1OC. The van der Waals surface area contributed by atoms with Crippen LogP contribution in [0.15, 0.2) is 59.3 Å². The first-order chi connectivity index (χ1) is 15.5. The third-order valence-corrected chi connectivity index (χ3v) is 6.34. The normalized spacial score (nSPS) is 19.8. The number of thiazole rings is 1. The number of hydrogen-bond acceptors (Lipinski definition) is 8. The van der Waals surface area contributed by atoms with Crippen molar-refractivity contribution in [2.24, 2.45) is 10.9 Å². The minimum absolute atomic E-state index is 0.146. The summed E-state index contributed by atoms with van der Waals surface area (Å²) in [7, 11) is 3.08. The Hall–Kier alpha value is -3.59. The first kappa shape index (κ1) is 21.6. The molecule has 0 fully saturated rings. The predicted octanol–water partition coefficient (Wildman–Crippen LogP) is 3.27. The molecule has 0 saturated heterocycles. The fraction of sp³-hybridized carbons (Fsp3) is 0.261. The molecule has 0 saturated carbocycles. The molecule has 164 valence electrons. The molecule has 1 N–H and O–H groups in total. The highest BCUT2D eigenvalue weighted by molar-refractivity contribution is 7.09. The second kappa shape index (κ2) is 9.27. The van der Waals surface area contributed by atoms with Crippen molar-refractivity contribution in [3.05, 3.63) is 70.6 Å². The van der Waals surface area contributed by atoms with E-state index in [4.69, 9.17) is 9.47 Å². The van der Waals surface area contributed by atoms with Gasteiger partial charge in [-0.25, -0.2) is 9.97 Å². The van der Waals surface area contributed by atoms with Crippen LogP contribution in [0.2, 0.25) is 0 Å². The summed E-state index contributed by atoms with van der Waals surface area (Å²) >= 11 is 1.50. The molecule has 0 aliphatic carbocycles. The van der Waals surface area contributed by atoms with Crippen molar-refractivity contribution >= 4 is 29.2 Å². The maximum atomic E-state index is 13.4. The Kier molecular flexibility index (Phi) is 6.27. The Bertz CT molecular complexity index is 1150. The van der Waals surface area contributed by atoms with Gasteiger partial charge in [0.1, 0.15) is 5.01 Å². The van der Waals surface area contributed by atoms with Gasteiger partial charge in [0.15, 0.2) is 5.75 Å². The Morgan fingerprint density at radius 2 is 2.09 bits per heavy atom. The smallest absolute Gasteiger partial charge is 0.257 e. The lowest BCUT2D eigenvalue weighted by Gasteiger charge is -2.33. The Morgan fingerprint density at radius 3 is 2.78 bits per heavy atom. The molecule has 3 aromatic heterocycles. The zero-order valence-electron chi connectivity index (χ0n) is 18.0. The zero-order chi connectivity index (χ0) is 22.6. The van der Waals surface area contributed by atoms with Gasteiger partial charge < -0.3 is 14.8 Å². The predicted molar refractivity (Wildman–Crippen MR) is 123 cm³/mol. The molecule has 9 heteroatoms. The van der Waals surface area contributed by atoms with E-state index in [0.717, 1.165) is 10.6 Å². The number of ether oxygens (including phenoxy) is 2. The summed E-state index contributed by atoms with van der Waals surface area (Å²) < 4.78 is 10.5. The largest absolute Gasteiger partial charge is 0.491 e. The van der Waals surface area contributed by atoms with Crippen LogP contribution in [0.3, 0.4) is 0 Å². The van der Waals surface area contributed by atoms with Crippen LogP contribution < -0.4 is 14.8 Å². The number of rotatable bonds is 7. The van der Waals surface area contributed by atoms with E-state index < -0.39 is 11.3 Å². The molecule has 8 nitrogen and oxygen atoms in total. The van der Waals surface area contributed by atoms with Crippen molar-refractivity contribution in [1.29, 1.82) is 0 Å². The molecular weight excluding hydrogens is 426 g/mol. The maximum absolute atomic E-state index is 13.4. The lowest BCUT2D eigenvalue weighted by molar-refractivity contribution is -0.124. The summed E-state index contributed by atoms with van der Waals surface area (Å²) in [5.74, 6) is 0.246. The van der Waals surface area contributed by atoms with Crippen molar-refractivity contribution in [2.75, 3.05) is 14.2 Å². The third-order valence-electron chi connectivity index (χ3n) is 5.32. The molecule has 1 aliphatic heterocycles. The Morgan fingerprint density at radius 1 is 1.22 bits per heavy atom. The summed E-state index contributed by atoms with van der Waals surface area (Å²) in [4.78, 5) is 31.1. The van der Waals surface area contributed by atoms with Gasteiger partial charge in [-0.3, -0.25) is 14.8 Å². The second-order valence-electron chi connectivity index (χ2n) is 7.38.